The number of aliphatic hydroxyl groups excluding tert-OH is 1. The maximum Gasteiger partial charge on any atom is 0.435 e. The third-order valence-electron chi connectivity index (χ3n) is 7.56. The van der Waals surface area contributed by atoms with Crippen molar-refractivity contribution in [2.75, 3.05) is 0 Å². The molecule has 0 radical (unpaired) electrons. The number of alkyl halides is 3. The lowest BCUT2D eigenvalue weighted by molar-refractivity contribution is -0.142. The van der Waals surface area contributed by atoms with Crippen molar-refractivity contribution in [3.8, 4) is 11.1 Å². The zero-order chi connectivity index (χ0) is 31.8. The Bertz CT molecular complexity index is 1720. The van der Waals surface area contributed by atoms with Gasteiger partial charge in [-0.05, 0) is 60.7 Å². The van der Waals surface area contributed by atoms with Crippen LogP contribution in [0.5, 0.6) is 0 Å². The van der Waals surface area contributed by atoms with Crippen LogP contribution in [0.3, 0.4) is 0 Å². The van der Waals surface area contributed by atoms with Crippen LogP contribution in [0.4, 0.5) is 26.3 Å². The standard InChI is InChI=1S/C31H26F6N4O3/c32-19-9-16(10-20(33)13-19)8-18(28-23(2-1-7-39-28)17-3-5-26(34)24(12-17)30(38)44)11-22(43)15-41-27-6-4-21(42)14-25(27)29(40-41)31(35,36)37/h1-3,5,7,9-10,12-13,18,21,42H,4,6,8,11,14-15H2,(H2,38,44)/t18-,21-/m1/s1. The minimum Gasteiger partial charge on any atom is -0.393 e. The number of amides is 1. The predicted molar refractivity (Wildman–Crippen MR) is 146 cm³/mol. The zero-order valence-electron chi connectivity index (χ0n) is 23.0. The number of aromatic nitrogens is 3. The van der Waals surface area contributed by atoms with E-state index in [-0.39, 0.29) is 60.2 Å². The molecule has 2 heterocycles. The third kappa shape index (κ3) is 6.67. The highest BCUT2D eigenvalue weighted by Gasteiger charge is 2.41. The number of carbonyl (C=O) groups is 2. The smallest absolute Gasteiger partial charge is 0.393 e. The van der Waals surface area contributed by atoms with E-state index in [0.29, 0.717) is 17.2 Å². The van der Waals surface area contributed by atoms with E-state index >= 15 is 0 Å². The average molecular weight is 617 g/mol. The molecule has 2 aromatic heterocycles. The first-order valence-corrected chi connectivity index (χ1v) is 13.6. The highest BCUT2D eigenvalue weighted by atomic mass is 19.4. The van der Waals surface area contributed by atoms with E-state index in [2.05, 4.69) is 10.1 Å². The molecule has 0 unspecified atom stereocenters. The molecule has 1 amide bonds. The molecule has 7 nitrogen and oxygen atoms in total. The summed E-state index contributed by atoms with van der Waals surface area (Å²) < 4.78 is 84.6. The molecule has 2 aromatic carbocycles. The molecule has 4 aromatic rings. The summed E-state index contributed by atoms with van der Waals surface area (Å²) in [5, 5.41) is 13.7. The van der Waals surface area contributed by atoms with Crippen LogP contribution >= 0.6 is 0 Å². The number of carbonyl (C=O) groups excluding carboxylic acids is 2. The van der Waals surface area contributed by atoms with E-state index in [4.69, 9.17) is 5.73 Å². The van der Waals surface area contributed by atoms with E-state index in [1.807, 2.05) is 0 Å². The van der Waals surface area contributed by atoms with Crippen LogP contribution in [-0.4, -0.2) is 37.7 Å². The second kappa shape index (κ2) is 12.2. The largest absolute Gasteiger partial charge is 0.435 e. The van der Waals surface area contributed by atoms with Crippen LogP contribution in [0.15, 0.2) is 54.7 Å². The van der Waals surface area contributed by atoms with Crippen molar-refractivity contribution in [3.63, 3.8) is 0 Å². The third-order valence-corrected chi connectivity index (χ3v) is 7.56. The quantitative estimate of drug-likeness (QED) is 0.248. The summed E-state index contributed by atoms with van der Waals surface area (Å²) in [4.78, 5) is 29.7. The summed E-state index contributed by atoms with van der Waals surface area (Å²) in [6.45, 7) is -0.521. The molecule has 0 fully saturated rings. The lowest BCUT2D eigenvalue weighted by atomic mass is 9.86. The van der Waals surface area contributed by atoms with Gasteiger partial charge in [0.25, 0.3) is 5.91 Å². The second-order valence-electron chi connectivity index (χ2n) is 10.7. The monoisotopic (exact) mass is 616 g/mol. The molecule has 0 saturated heterocycles. The molecule has 5 rings (SSSR count). The molecule has 44 heavy (non-hydrogen) atoms. The highest BCUT2D eigenvalue weighted by Crippen LogP contribution is 2.37. The Hall–Kier alpha value is -4.52. The minimum atomic E-state index is -4.79. The number of fused-ring (bicyclic) bond motifs is 1. The molecule has 0 bridgehead atoms. The van der Waals surface area contributed by atoms with Gasteiger partial charge in [-0.15, -0.1) is 0 Å². The van der Waals surface area contributed by atoms with Crippen LogP contribution < -0.4 is 5.73 Å². The number of nitrogens with two attached hydrogens (primary N) is 1. The van der Waals surface area contributed by atoms with Gasteiger partial charge in [0, 0.05) is 47.8 Å². The fourth-order valence-corrected chi connectivity index (χ4v) is 5.68. The van der Waals surface area contributed by atoms with Gasteiger partial charge in [0.05, 0.1) is 23.9 Å². The van der Waals surface area contributed by atoms with Crippen molar-refractivity contribution in [2.24, 2.45) is 5.73 Å². The first-order chi connectivity index (χ1) is 20.8. The van der Waals surface area contributed by atoms with Gasteiger partial charge in [-0.1, -0.05) is 12.1 Å². The molecule has 1 aliphatic carbocycles. The van der Waals surface area contributed by atoms with Gasteiger partial charge in [-0.2, -0.15) is 18.3 Å². The second-order valence-corrected chi connectivity index (χ2v) is 10.7. The van der Waals surface area contributed by atoms with Crippen LogP contribution in [-0.2, 0) is 36.8 Å². The van der Waals surface area contributed by atoms with Crippen molar-refractivity contribution in [2.45, 2.75) is 56.8 Å². The van der Waals surface area contributed by atoms with E-state index in [1.54, 1.807) is 12.1 Å². The molecule has 0 spiro atoms. The Labute approximate surface area is 247 Å². The van der Waals surface area contributed by atoms with Crippen LogP contribution in [0, 0.1) is 17.5 Å². The average Bonchev–Trinajstić information content (AvgIpc) is 3.30. The summed E-state index contributed by atoms with van der Waals surface area (Å²) in [7, 11) is 0. The van der Waals surface area contributed by atoms with E-state index < -0.39 is 59.6 Å². The maximum absolute atomic E-state index is 14.2. The number of benzene rings is 2. The molecule has 2 atom stereocenters. The number of nitrogens with zero attached hydrogens (tertiary/aromatic N) is 3. The molecule has 13 heteroatoms. The Kier molecular flexibility index (Phi) is 8.60. The van der Waals surface area contributed by atoms with E-state index in [1.165, 1.54) is 18.3 Å². The Morgan fingerprint density at radius 2 is 1.80 bits per heavy atom. The molecule has 3 N–H and O–H groups in total. The Morgan fingerprint density at radius 3 is 2.48 bits per heavy atom. The summed E-state index contributed by atoms with van der Waals surface area (Å²) in [5.41, 5.74) is 5.02. The number of rotatable bonds is 9. The molecular formula is C31H26F6N4O3. The van der Waals surface area contributed by atoms with Crippen LogP contribution in [0.25, 0.3) is 11.1 Å². The van der Waals surface area contributed by atoms with Crippen LogP contribution in [0.2, 0.25) is 0 Å². The number of halogens is 6. The lowest BCUT2D eigenvalue weighted by Gasteiger charge is -2.21. The van der Waals surface area contributed by atoms with Crippen molar-refractivity contribution in [3.05, 3.63) is 106 Å². The molecule has 230 valence electrons. The highest BCUT2D eigenvalue weighted by molar-refractivity contribution is 5.94. The number of pyridine rings is 1. The van der Waals surface area contributed by atoms with E-state index in [9.17, 15) is 41.0 Å². The van der Waals surface area contributed by atoms with Crippen LogP contribution in [0.1, 0.15) is 57.3 Å². The van der Waals surface area contributed by atoms with Crippen molar-refractivity contribution in [1.29, 1.82) is 0 Å². The first kappa shape index (κ1) is 30.9. The minimum absolute atomic E-state index is 0.0918. The summed E-state index contributed by atoms with van der Waals surface area (Å²) in [5.74, 6) is -4.93. The zero-order valence-corrected chi connectivity index (χ0v) is 23.0. The van der Waals surface area contributed by atoms with Crippen molar-refractivity contribution in [1.82, 2.24) is 14.8 Å². The number of primary amides is 1. The number of Topliss-reactive ketones (excluding diaryl/α,β-unsaturated/α-hetero) is 1. The maximum atomic E-state index is 14.2. The fourth-order valence-electron chi connectivity index (χ4n) is 5.68. The molecule has 1 aliphatic rings. The Balaban J connectivity index is 1.52. The topological polar surface area (TPSA) is 111 Å². The number of ketones is 1. The fraction of sp³-hybridized carbons (Fsp3) is 0.290. The SMILES string of the molecule is NC(=O)c1cc(-c2cccnc2[C@@H](CC(=O)Cn2nc(C(F)(F)F)c3c2CC[C@@H](O)C3)Cc2cc(F)cc(F)c2)ccc1F. The van der Waals surface area contributed by atoms with Gasteiger partial charge in [-0.25, -0.2) is 13.2 Å². The first-order valence-electron chi connectivity index (χ1n) is 13.6. The van der Waals surface area contributed by atoms with Gasteiger partial charge < -0.3 is 10.8 Å². The van der Waals surface area contributed by atoms with Gasteiger partial charge in [-0.3, -0.25) is 19.3 Å². The van der Waals surface area contributed by atoms with Gasteiger partial charge in [0.1, 0.15) is 17.5 Å². The van der Waals surface area contributed by atoms with Gasteiger partial charge >= 0.3 is 6.18 Å². The van der Waals surface area contributed by atoms with Crippen molar-refractivity contribution >= 4 is 11.7 Å². The molecular weight excluding hydrogens is 590 g/mol. The lowest BCUT2D eigenvalue weighted by Crippen LogP contribution is -2.23. The number of hydrogen-bond donors (Lipinski definition) is 2. The number of hydrogen-bond acceptors (Lipinski definition) is 5. The summed E-state index contributed by atoms with van der Waals surface area (Å²) in [6.07, 6.45) is -4.68. The predicted octanol–water partition coefficient (Wildman–Crippen LogP) is 5.32. The normalized spacial score (nSPS) is 15.6. The molecule has 0 aliphatic heterocycles. The Morgan fingerprint density at radius 1 is 1.07 bits per heavy atom. The molecule has 0 saturated carbocycles. The van der Waals surface area contributed by atoms with Gasteiger partial charge in [0.2, 0.25) is 0 Å². The van der Waals surface area contributed by atoms with E-state index in [0.717, 1.165) is 22.9 Å². The number of aliphatic hydroxyl groups is 1. The van der Waals surface area contributed by atoms with Gasteiger partial charge in [0.15, 0.2) is 11.5 Å². The summed E-state index contributed by atoms with van der Waals surface area (Å²) >= 11 is 0. The van der Waals surface area contributed by atoms with Crippen molar-refractivity contribution < 1.29 is 41.0 Å². The summed E-state index contributed by atoms with van der Waals surface area (Å²) in [6, 6.07) is 9.70.